The van der Waals surface area contributed by atoms with Gasteiger partial charge in [0.1, 0.15) is 12.1 Å². The molecule has 0 spiro atoms. The molecule has 0 bridgehead atoms. The van der Waals surface area contributed by atoms with Crippen molar-refractivity contribution in [2.75, 3.05) is 6.54 Å². The van der Waals surface area contributed by atoms with E-state index in [0.29, 0.717) is 29.1 Å². The van der Waals surface area contributed by atoms with Crippen LogP contribution in [-0.2, 0) is 9.59 Å². The summed E-state index contributed by atoms with van der Waals surface area (Å²) in [5.74, 6) is -0.491. The van der Waals surface area contributed by atoms with Gasteiger partial charge in [-0.25, -0.2) is 0 Å². The van der Waals surface area contributed by atoms with E-state index in [0.717, 1.165) is 23.8 Å². The van der Waals surface area contributed by atoms with Gasteiger partial charge in [0.25, 0.3) is 0 Å². The second-order valence-corrected chi connectivity index (χ2v) is 6.26. The third-order valence-corrected chi connectivity index (χ3v) is 4.45. The van der Waals surface area contributed by atoms with Gasteiger partial charge in [0.15, 0.2) is 5.78 Å². The average Bonchev–Trinajstić information content (AvgIpc) is 3.03. The molecule has 24 heavy (non-hydrogen) atoms. The third-order valence-electron chi connectivity index (χ3n) is 4.02. The molecule has 1 aromatic carbocycles. The molecule has 5 nitrogen and oxygen atoms in total. The van der Waals surface area contributed by atoms with Crippen molar-refractivity contribution in [2.24, 2.45) is 5.73 Å². The van der Waals surface area contributed by atoms with E-state index < -0.39 is 5.91 Å². The number of hydrogen-bond donors (Lipinski definition) is 1. The number of carbonyl (C=O) groups excluding carboxylic acids is 2. The van der Waals surface area contributed by atoms with Gasteiger partial charge in [-0.15, -0.1) is 0 Å². The van der Waals surface area contributed by atoms with E-state index in [9.17, 15) is 9.59 Å². The highest BCUT2D eigenvalue weighted by Crippen LogP contribution is 2.30. The molecule has 2 heterocycles. The number of furan rings is 1. The highest BCUT2D eigenvalue weighted by molar-refractivity contribution is 7.80. The maximum absolute atomic E-state index is 12.3. The monoisotopic (exact) mass is 342 g/mol. The summed E-state index contributed by atoms with van der Waals surface area (Å²) in [7, 11) is 0. The number of rotatable bonds is 3. The molecule has 1 aliphatic heterocycles. The number of para-hydroxylation sites is 1. The van der Waals surface area contributed by atoms with Crippen molar-refractivity contribution >= 4 is 45.6 Å². The molecule has 1 aliphatic rings. The number of ketones is 1. The Morgan fingerprint density at radius 2 is 2.04 bits per heavy atom. The van der Waals surface area contributed by atoms with Crippen LogP contribution in [0, 0.1) is 0 Å². The SMILES string of the molecule is NC(=O)CN1C(=S)CCCCC(=O)C=C1c1cccc2ccoc12. The lowest BCUT2D eigenvalue weighted by atomic mass is 10.1. The lowest BCUT2D eigenvalue weighted by molar-refractivity contribution is -0.118. The van der Waals surface area contributed by atoms with Crippen LogP contribution >= 0.6 is 12.2 Å². The van der Waals surface area contributed by atoms with E-state index in [-0.39, 0.29) is 12.3 Å². The fourth-order valence-electron chi connectivity index (χ4n) is 2.89. The van der Waals surface area contributed by atoms with Crippen molar-refractivity contribution in [1.29, 1.82) is 0 Å². The zero-order valence-electron chi connectivity index (χ0n) is 13.2. The Bertz CT molecular complexity index is 838. The van der Waals surface area contributed by atoms with Crippen LogP contribution in [0.4, 0.5) is 0 Å². The summed E-state index contributed by atoms with van der Waals surface area (Å²) in [6, 6.07) is 7.53. The molecule has 124 valence electrons. The number of carbonyl (C=O) groups is 2. The second kappa shape index (κ2) is 6.97. The van der Waals surface area contributed by atoms with E-state index in [4.69, 9.17) is 22.4 Å². The highest BCUT2D eigenvalue weighted by Gasteiger charge is 2.23. The molecule has 1 amide bonds. The van der Waals surface area contributed by atoms with Crippen LogP contribution in [0.25, 0.3) is 16.7 Å². The van der Waals surface area contributed by atoms with Gasteiger partial charge in [-0.1, -0.05) is 24.4 Å². The van der Waals surface area contributed by atoms with Gasteiger partial charge in [-0.2, -0.15) is 0 Å². The smallest absolute Gasteiger partial charge is 0.237 e. The van der Waals surface area contributed by atoms with Crippen molar-refractivity contribution in [3.05, 3.63) is 42.2 Å². The number of thiocarbonyl (C=S) groups is 1. The third kappa shape index (κ3) is 3.38. The quantitative estimate of drug-likeness (QED) is 0.868. The van der Waals surface area contributed by atoms with E-state index in [1.54, 1.807) is 17.2 Å². The summed E-state index contributed by atoms with van der Waals surface area (Å²) in [6.07, 6.45) is 5.84. The molecule has 0 radical (unpaired) electrons. The van der Waals surface area contributed by atoms with Crippen molar-refractivity contribution in [3.63, 3.8) is 0 Å². The fraction of sp³-hybridized carbons (Fsp3) is 0.278. The van der Waals surface area contributed by atoms with Gasteiger partial charge < -0.3 is 15.1 Å². The number of primary amides is 1. The number of fused-ring (bicyclic) bond motifs is 1. The number of hydrogen-bond acceptors (Lipinski definition) is 4. The molecule has 0 fully saturated rings. The van der Waals surface area contributed by atoms with Crippen LogP contribution in [-0.4, -0.2) is 28.1 Å². The maximum Gasteiger partial charge on any atom is 0.237 e. The number of nitrogens with zero attached hydrogens (tertiary/aromatic N) is 1. The Morgan fingerprint density at radius 1 is 1.25 bits per heavy atom. The zero-order chi connectivity index (χ0) is 17.1. The molecule has 0 atom stereocenters. The number of benzene rings is 1. The molecule has 0 saturated heterocycles. The number of allylic oxidation sites excluding steroid dienone is 1. The normalized spacial score (nSPS) is 16.5. The second-order valence-electron chi connectivity index (χ2n) is 5.79. The summed E-state index contributed by atoms with van der Waals surface area (Å²) in [4.78, 5) is 26.1. The molecular formula is C18H18N2O3S. The Hall–Kier alpha value is -2.47. The maximum atomic E-state index is 12.3. The van der Waals surface area contributed by atoms with Gasteiger partial charge >= 0.3 is 0 Å². The van der Waals surface area contributed by atoms with Gasteiger partial charge in [-0.3, -0.25) is 9.59 Å². The summed E-state index contributed by atoms with van der Waals surface area (Å²) in [5.41, 5.74) is 7.37. The summed E-state index contributed by atoms with van der Waals surface area (Å²) < 4.78 is 5.59. The number of amides is 1. The van der Waals surface area contributed by atoms with E-state index in [2.05, 4.69) is 0 Å². The predicted octanol–water partition coefficient (Wildman–Crippen LogP) is 3.03. The average molecular weight is 342 g/mol. The van der Waals surface area contributed by atoms with E-state index in [1.165, 1.54) is 0 Å². The Balaban J connectivity index is 2.17. The minimum Gasteiger partial charge on any atom is -0.464 e. The molecule has 6 heteroatoms. The van der Waals surface area contributed by atoms with Gasteiger partial charge in [0, 0.05) is 23.4 Å². The van der Waals surface area contributed by atoms with Crippen molar-refractivity contribution < 1.29 is 14.0 Å². The van der Waals surface area contributed by atoms with Crippen LogP contribution in [0.5, 0.6) is 0 Å². The molecule has 2 aromatic rings. The van der Waals surface area contributed by atoms with Crippen molar-refractivity contribution in [3.8, 4) is 0 Å². The molecule has 0 saturated carbocycles. The first-order chi connectivity index (χ1) is 11.6. The lowest BCUT2D eigenvalue weighted by Gasteiger charge is -2.26. The first-order valence-electron chi connectivity index (χ1n) is 7.86. The predicted molar refractivity (Wildman–Crippen MR) is 96.2 cm³/mol. The fourth-order valence-corrected chi connectivity index (χ4v) is 3.20. The van der Waals surface area contributed by atoms with E-state index in [1.807, 2.05) is 24.3 Å². The highest BCUT2D eigenvalue weighted by atomic mass is 32.1. The summed E-state index contributed by atoms with van der Waals surface area (Å²) >= 11 is 5.51. The van der Waals surface area contributed by atoms with Crippen LogP contribution in [0.2, 0.25) is 0 Å². The molecule has 2 N–H and O–H groups in total. The van der Waals surface area contributed by atoms with E-state index >= 15 is 0 Å². The summed E-state index contributed by atoms with van der Waals surface area (Å²) in [6.45, 7) is -0.0605. The van der Waals surface area contributed by atoms with Crippen molar-refractivity contribution in [1.82, 2.24) is 4.90 Å². The Morgan fingerprint density at radius 3 is 2.83 bits per heavy atom. The van der Waals surface area contributed by atoms with Gasteiger partial charge in [0.2, 0.25) is 5.91 Å². The molecule has 0 unspecified atom stereocenters. The molecule has 0 aliphatic carbocycles. The van der Waals surface area contributed by atoms with Crippen LogP contribution in [0.1, 0.15) is 31.2 Å². The van der Waals surface area contributed by atoms with Gasteiger partial charge in [-0.05, 0) is 31.4 Å². The largest absolute Gasteiger partial charge is 0.464 e. The topological polar surface area (TPSA) is 76.5 Å². The first-order valence-corrected chi connectivity index (χ1v) is 8.27. The lowest BCUT2D eigenvalue weighted by Crippen LogP contribution is -2.36. The number of nitrogens with two attached hydrogens (primary N) is 1. The molecule has 3 rings (SSSR count). The standard InChI is InChI=1S/C18H18N2O3S/c19-16(22)11-20-15(10-13(21)5-1-2-7-17(20)24)14-6-3-4-12-8-9-23-18(12)14/h3-4,6,8-10H,1-2,5,7,11H2,(H2,19,22). The molecular weight excluding hydrogens is 324 g/mol. The molecule has 1 aromatic heterocycles. The minimum atomic E-state index is -0.499. The van der Waals surface area contributed by atoms with Crippen LogP contribution in [0.3, 0.4) is 0 Å². The van der Waals surface area contributed by atoms with Crippen LogP contribution in [0.15, 0.2) is 41.0 Å². The zero-order valence-corrected chi connectivity index (χ0v) is 14.0. The first kappa shape index (κ1) is 16.4. The van der Waals surface area contributed by atoms with Crippen LogP contribution < -0.4 is 5.73 Å². The van der Waals surface area contributed by atoms with Crippen molar-refractivity contribution in [2.45, 2.75) is 25.7 Å². The Kier molecular flexibility index (Phi) is 4.76. The minimum absolute atomic E-state index is 0.00716. The van der Waals surface area contributed by atoms with Gasteiger partial charge in [0.05, 0.1) is 16.9 Å². The summed E-state index contributed by atoms with van der Waals surface area (Å²) in [5, 5.41) is 0.922. The Labute approximate surface area is 145 Å².